The predicted octanol–water partition coefficient (Wildman–Crippen LogP) is 1.54. The predicted molar refractivity (Wildman–Crippen MR) is 75.6 cm³/mol. The van der Waals surface area contributed by atoms with Crippen LogP contribution in [0, 0.1) is 25.2 Å². The Morgan fingerprint density at radius 1 is 1.52 bits per heavy atom. The molecule has 0 amide bonds. The van der Waals surface area contributed by atoms with E-state index in [9.17, 15) is 15.2 Å². The number of nitriles is 1. The van der Waals surface area contributed by atoms with Crippen molar-refractivity contribution in [2.75, 3.05) is 5.32 Å². The number of aromatic nitrogens is 3. The van der Waals surface area contributed by atoms with Gasteiger partial charge < -0.3 is 10.4 Å². The van der Waals surface area contributed by atoms with Crippen molar-refractivity contribution in [3.63, 3.8) is 0 Å². The molecule has 0 aliphatic heterocycles. The minimum atomic E-state index is -1.06. The van der Waals surface area contributed by atoms with E-state index in [1.165, 1.54) is 10.9 Å². The van der Waals surface area contributed by atoms with Crippen LogP contribution in [0.25, 0.3) is 0 Å². The Balaban J connectivity index is 2.43. The van der Waals surface area contributed by atoms with E-state index in [4.69, 9.17) is 0 Å². The van der Waals surface area contributed by atoms with Crippen LogP contribution in [0.4, 0.5) is 5.82 Å². The molecule has 0 spiro atoms. The zero-order valence-electron chi connectivity index (χ0n) is 12.0. The maximum atomic E-state index is 11.5. The number of nitrogens with zero attached hydrogens (tertiary/aromatic N) is 4. The molecule has 0 fully saturated rings. The summed E-state index contributed by atoms with van der Waals surface area (Å²) in [7, 11) is 1.71. The van der Waals surface area contributed by atoms with E-state index in [0.717, 1.165) is 5.56 Å². The summed E-state index contributed by atoms with van der Waals surface area (Å²) >= 11 is 0. The fourth-order valence-electron chi connectivity index (χ4n) is 2.10. The highest BCUT2D eigenvalue weighted by atomic mass is 16.4. The fourth-order valence-corrected chi connectivity index (χ4v) is 2.10. The average Bonchev–Trinajstić information content (AvgIpc) is 2.81. The standard InChI is InChI=1S/C14H15N5O2/c1-8-4-9(2)17-13(11(8)5-15)18-12(14(20)21)10-6-16-19(3)7-10/h4,6-7,12H,1-3H3,(H,17,18)(H,20,21). The fraction of sp³-hybridized carbons (Fsp3) is 0.286. The molecule has 108 valence electrons. The molecule has 0 bridgehead atoms. The summed E-state index contributed by atoms with van der Waals surface area (Å²) in [5, 5.41) is 25.4. The van der Waals surface area contributed by atoms with Crippen molar-refractivity contribution >= 4 is 11.8 Å². The Morgan fingerprint density at radius 3 is 2.76 bits per heavy atom. The lowest BCUT2D eigenvalue weighted by atomic mass is 10.1. The van der Waals surface area contributed by atoms with Gasteiger partial charge in [-0.1, -0.05) is 0 Å². The molecule has 2 N–H and O–H groups in total. The highest BCUT2D eigenvalue weighted by molar-refractivity contribution is 5.79. The van der Waals surface area contributed by atoms with Gasteiger partial charge in [0.15, 0.2) is 6.04 Å². The highest BCUT2D eigenvalue weighted by Crippen LogP contribution is 2.23. The van der Waals surface area contributed by atoms with Crippen LogP contribution in [-0.4, -0.2) is 25.8 Å². The van der Waals surface area contributed by atoms with Crippen molar-refractivity contribution in [1.29, 1.82) is 5.26 Å². The molecular formula is C14H15N5O2. The van der Waals surface area contributed by atoms with E-state index in [1.54, 1.807) is 33.2 Å². The van der Waals surface area contributed by atoms with Crippen molar-refractivity contribution in [2.45, 2.75) is 19.9 Å². The number of hydrogen-bond acceptors (Lipinski definition) is 5. The second kappa shape index (κ2) is 5.63. The van der Waals surface area contributed by atoms with E-state index in [-0.39, 0.29) is 5.82 Å². The topological polar surface area (TPSA) is 104 Å². The number of nitrogens with one attached hydrogen (secondary N) is 1. The van der Waals surface area contributed by atoms with Crippen LogP contribution in [-0.2, 0) is 11.8 Å². The Kier molecular flexibility index (Phi) is 3.89. The maximum Gasteiger partial charge on any atom is 0.330 e. The van der Waals surface area contributed by atoms with Crippen molar-refractivity contribution in [2.24, 2.45) is 7.05 Å². The summed E-state index contributed by atoms with van der Waals surface area (Å²) in [4.78, 5) is 15.7. The van der Waals surface area contributed by atoms with E-state index < -0.39 is 12.0 Å². The van der Waals surface area contributed by atoms with Gasteiger partial charge in [0, 0.05) is 24.5 Å². The molecule has 1 atom stereocenters. The monoisotopic (exact) mass is 285 g/mol. The minimum absolute atomic E-state index is 0.270. The Bertz CT molecular complexity index is 729. The Labute approximate surface area is 121 Å². The summed E-state index contributed by atoms with van der Waals surface area (Å²) in [6.45, 7) is 3.58. The van der Waals surface area contributed by atoms with Gasteiger partial charge in [-0.25, -0.2) is 9.78 Å². The molecule has 1 unspecified atom stereocenters. The second-order valence-corrected chi connectivity index (χ2v) is 4.78. The number of rotatable bonds is 4. The first kappa shape index (κ1) is 14.5. The van der Waals surface area contributed by atoms with Gasteiger partial charge in [-0.15, -0.1) is 0 Å². The van der Waals surface area contributed by atoms with Crippen LogP contribution in [0.3, 0.4) is 0 Å². The summed E-state index contributed by atoms with van der Waals surface area (Å²) in [6.07, 6.45) is 3.08. The number of pyridine rings is 1. The number of aliphatic carboxylic acids is 1. The molecule has 0 saturated carbocycles. The zero-order valence-corrected chi connectivity index (χ0v) is 12.0. The first-order valence-corrected chi connectivity index (χ1v) is 6.28. The highest BCUT2D eigenvalue weighted by Gasteiger charge is 2.23. The molecule has 2 heterocycles. The van der Waals surface area contributed by atoms with E-state index in [1.807, 2.05) is 0 Å². The largest absolute Gasteiger partial charge is 0.479 e. The maximum absolute atomic E-state index is 11.5. The van der Waals surface area contributed by atoms with Gasteiger partial charge in [0.25, 0.3) is 0 Å². The number of hydrogen-bond donors (Lipinski definition) is 2. The molecule has 7 nitrogen and oxygen atoms in total. The Morgan fingerprint density at radius 2 is 2.24 bits per heavy atom. The molecule has 21 heavy (non-hydrogen) atoms. The average molecular weight is 285 g/mol. The molecule has 0 aliphatic rings. The molecule has 7 heteroatoms. The molecule has 0 aromatic carbocycles. The van der Waals surface area contributed by atoms with Crippen LogP contribution >= 0.6 is 0 Å². The van der Waals surface area contributed by atoms with Crippen LogP contribution in [0.2, 0.25) is 0 Å². The molecule has 2 rings (SSSR count). The van der Waals surface area contributed by atoms with Crippen molar-refractivity contribution < 1.29 is 9.90 Å². The van der Waals surface area contributed by atoms with Gasteiger partial charge in [0.2, 0.25) is 0 Å². The summed E-state index contributed by atoms with van der Waals surface area (Å²) in [5.74, 6) is -0.792. The first-order valence-electron chi connectivity index (χ1n) is 6.28. The van der Waals surface area contributed by atoms with Gasteiger partial charge in [-0.05, 0) is 25.5 Å². The van der Waals surface area contributed by atoms with Gasteiger partial charge in [-0.2, -0.15) is 10.4 Å². The third-order valence-corrected chi connectivity index (χ3v) is 3.04. The SMILES string of the molecule is Cc1cc(C)c(C#N)c(NC(C(=O)O)c2cnn(C)c2)n1. The number of carboxylic acids is 1. The zero-order chi connectivity index (χ0) is 15.6. The summed E-state index contributed by atoms with van der Waals surface area (Å²) < 4.78 is 1.52. The lowest BCUT2D eigenvalue weighted by Gasteiger charge is -2.16. The summed E-state index contributed by atoms with van der Waals surface area (Å²) in [6, 6.07) is 2.82. The lowest BCUT2D eigenvalue weighted by molar-refractivity contribution is -0.138. The van der Waals surface area contributed by atoms with Crippen molar-refractivity contribution in [3.8, 4) is 6.07 Å². The van der Waals surface area contributed by atoms with Crippen LogP contribution in [0.1, 0.15) is 28.4 Å². The molecule has 2 aromatic rings. The van der Waals surface area contributed by atoms with E-state index in [0.29, 0.717) is 16.8 Å². The van der Waals surface area contributed by atoms with Crippen LogP contribution in [0.5, 0.6) is 0 Å². The molecule has 0 radical (unpaired) electrons. The number of carbonyl (C=O) groups is 1. The third kappa shape index (κ3) is 3.00. The van der Waals surface area contributed by atoms with Gasteiger partial charge in [0.1, 0.15) is 11.9 Å². The number of anilines is 1. The number of aryl methyl sites for hydroxylation is 3. The summed E-state index contributed by atoms with van der Waals surface area (Å²) in [5.41, 5.74) is 2.30. The Hall–Kier alpha value is -2.88. The van der Waals surface area contributed by atoms with Crippen molar-refractivity contribution in [1.82, 2.24) is 14.8 Å². The third-order valence-electron chi connectivity index (χ3n) is 3.04. The van der Waals surface area contributed by atoms with Crippen molar-refractivity contribution in [3.05, 3.63) is 40.8 Å². The van der Waals surface area contributed by atoms with Gasteiger partial charge in [-0.3, -0.25) is 4.68 Å². The van der Waals surface area contributed by atoms with Gasteiger partial charge in [0.05, 0.1) is 11.8 Å². The second-order valence-electron chi connectivity index (χ2n) is 4.78. The van der Waals surface area contributed by atoms with E-state index in [2.05, 4.69) is 21.5 Å². The quantitative estimate of drug-likeness (QED) is 0.883. The van der Waals surface area contributed by atoms with E-state index >= 15 is 0 Å². The lowest BCUT2D eigenvalue weighted by Crippen LogP contribution is -2.21. The molecule has 0 saturated heterocycles. The normalized spacial score (nSPS) is 11.7. The smallest absolute Gasteiger partial charge is 0.330 e. The first-order chi connectivity index (χ1) is 9.92. The van der Waals surface area contributed by atoms with Crippen LogP contribution in [0.15, 0.2) is 18.5 Å². The van der Waals surface area contributed by atoms with Crippen LogP contribution < -0.4 is 5.32 Å². The molecular weight excluding hydrogens is 270 g/mol. The molecule has 0 aliphatic carbocycles. The van der Waals surface area contributed by atoms with Gasteiger partial charge >= 0.3 is 5.97 Å². The number of carboxylic acid groups (broad SMARTS) is 1. The minimum Gasteiger partial charge on any atom is -0.479 e. The molecule has 2 aromatic heterocycles.